The SMILES string of the molecule is CC(C)(C)OC(=O)NOCCCCCCBr. The van der Waals surface area contributed by atoms with E-state index < -0.39 is 11.7 Å². The first-order chi connectivity index (χ1) is 7.45. The number of rotatable bonds is 7. The zero-order valence-electron chi connectivity index (χ0n) is 10.3. The smallest absolute Gasteiger partial charge is 0.431 e. The summed E-state index contributed by atoms with van der Waals surface area (Å²) in [7, 11) is 0. The summed E-state index contributed by atoms with van der Waals surface area (Å²) in [5.41, 5.74) is 1.78. The largest absolute Gasteiger partial charge is 0.442 e. The topological polar surface area (TPSA) is 47.6 Å². The summed E-state index contributed by atoms with van der Waals surface area (Å²) in [6.07, 6.45) is 3.89. The second kappa shape index (κ2) is 8.82. The van der Waals surface area contributed by atoms with Crippen molar-refractivity contribution in [2.45, 2.75) is 52.1 Å². The first kappa shape index (κ1) is 15.7. The lowest BCUT2D eigenvalue weighted by molar-refractivity contribution is -0.00858. The molecule has 0 heterocycles. The standard InChI is InChI=1S/C11H22BrNO3/c1-11(2,3)16-10(14)13-15-9-7-5-4-6-8-12/h4-9H2,1-3H3,(H,13,14). The van der Waals surface area contributed by atoms with Crippen LogP contribution in [0.25, 0.3) is 0 Å². The van der Waals surface area contributed by atoms with Crippen molar-refractivity contribution in [3.8, 4) is 0 Å². The quantitative estimate of drug-likeness (QED) is 0.445. The van der Waals surface area contributed by atoms with Crippen LogP contribution in [0, 0.1) is 0 Å². The van der Waals surface area contributed by atoms with Crippen molar-refractivity contribution in [1.82, 2.24) is 5.48 Å². The van der Waals surface area contributed by atoms with E-state index in [1.165, 1.54) is 12.8 Å². The highest BCUT2D eigenvalue weighted by Crippen LogP contribution is 2.06. The van der Waals surface area contributed by atoms with Crippen LogP contribution in [0.5, 0.6) is 0 Å². The Morgan fingerprint density at radius 1 is 1.19 bits per heavy atom. The van der Waals surface area contributed by atoms with E-state index >= 15 is 0 Å². The molecule has 0 atom stereocenters. The van der Waals surface area contributed by atoms with E-state index in [1.807, 2.05) is 20.8 Å². The number of hydroxylamine groups is 1. The Morgan fingerprint density at radius 3 is 2.38 bits per heavy atom. The lowest BCUT2D eigenvalue weighted by Gasteiger charge is -2.19. The molecule has 0 saturated carbocycles. The first-order valence-electron chi connectivity index (χ1n) is 5.62. The summed E-state index contributed by atoms with van der Waals surface area (Å²) in [4.78, 5) is 16.1. The molecule has 0 aliphatic carbocycles. The molecule has 0 aliphatic rings. The van der Waals surface area contributed by atoms with Gasteiger partial charge in [0.2, 0.25) is 0 Å². The Kier molecular flexibility index (Phi) is 8.66. The number of alkyl halides is 1. The summed E-state index contributed by atoms with van der Waals surface area (Å²) in [5.74, 6) is 0. The van der Waals surface area contributed by atoms with Gasteiger partial charge < -0.3 is 4.74 Å². The van der Waals surface area contributed by atoms with Crippen molar-refractivity contribution in [2.24, 2.45) is 0 Å². The van der Waals surface area contributed by atoms with Crippen molar-refractivity contribution in [3.63, 3.8) is 0 Å². The van der Waals surface area contributed by atoms with Gasteiger partial charge in [-0.2, -0.15) is 5.48 Å². The lowest BCUT2D eigenvalue weighted by atomic mass is 10.2. The summed E-state index contributed by atoms with van der Waals surface area (Å²) >= 11 is 3.37. The number of unbranched alkanes of at least 4 members (excludes halogenated alkanes) is 3. The Hall–Kier alpha value is -0.290. The lowest BCUT2D eigenvalue weighted by Crippen LogP contribution is -2.32. The maximum Gasteiger partial charge on any atom is 0.431 e. The van der Waals surface area contributed by atoms with Crippen LogP contribution in [0.1, 0.15) is 46.5 Å². The Bertz CT molecular complexity index is 192. The molecular formula is C11H22BrNO3. The number of halogens is 1. The molecular weight excluding hydrogens is 274 g/mol. The highest BCUT2D eigenvalue weighted by atomic mass is 79.9. The van der Waals surface area contributed by atoms with Crippen LogP contribution in [0.3, 0.4) is 0 Å². The molecule has 0 aliphatic heterocycles. The van der Waals surface area contributed by atoms with Crippen molar-refractivity contribution >= 4 is 22.0 Å². The summed E-state index contributed by atoms with van der Waals surface area (Å²) in [5, 5.41) is 1.05. The fourth-order valence-corrected chi connectivity index (χ4v) is 1.43. The third-order valence-electron chi connectivity index (χ3n) is 1.68. The summed E-state index contributed by atoms with van der Waals surface area (Å²) in [6.45, 7) is 5.97. The van der Waals surface area contributed by atoms with Crippen LogP contribution in [-0.2, 0) is 9.57 Å². The van der Waals surface area contributed by atoms with Gasteiger partial charge in [-0.1, -0.05) is 28.8 Å². The number of hydrogen-bond donors (Lipinski definition) is 1. The summed E-state index contributed by atoms with van der Waals surface area (Å²) < 4.78 is 5.00. The van der Waals surface area contributed by atoms with Crippen molar-refractivity contribution in [3.05, 3.63) is 0 Å². The molecule has 0 aromatic rings. The Morgan fingerprint density at radius 2 is 1.81 bits per heavy atom. The molecule has 1 N–H and O–H groups in total. The molecule has 1 amide bonds. The second-order valence-corrected chi connectivity index (χ2v) is 5.35. The number of ether oxygens (including phenoxy) is 1. The van der Waals surface area contributed by atoms with Crippen LogP contribution >= 0.6 is 15.9 Å². The minimum Gasteiger partial charge on any atom is -0.442 e. The Labute approximate surface area is 106 Å². The average molecular weight is 296 g/mol. The van der Waals surface area contributed by atoms with Gasteiger partial charge >= 0.3 is 6.09 Å². The minimum absolute atomic E-state index is 0.483. The molecule has 5 heteroatoms. The predicted octanol–water partition coefficient (Wildman–Crippen LogP) is 3.40. The fraction of sp³-hybridized carbons (Fsp3) is 0.909. The van der Waals surface area contributed by atoms with E-state index in [4.69, 9.17) is 9.57 Å². The number of amides is 1. The van der Waals surface area contributed by atoms with Gasteiger partial charge in [0, 0.05) is 5.33 Å². The molecule has 0 rings (SSSR count). The van der Waals surface area contributed by atoms with Crippen molar-refractivity contribution in [1.29, 1.82) is 0 Å². The third-order valence-corrected chi connectivity index (χ3v) is 2.25. The van der Waals surface area contributed by atoms with E-state index in [9.17, 15) is 4.79 Å². The molecule has 0 radical (unpaired) electrons. The zero-order chi connectivity index (χ0) is 12.4. The van der Waals surface area contributed by atoms with E-state index in [0.29, 0.717) is 6.61 Å². The fourth-order valence-electron chi connectivity index (χ4n) is 1.03. The third kappa shape index (κ3) is 11.8. The maximum atomic E-state index is 11.1. The number of nitrogens with one attached hydrogen (secondary N) is 1. The summed E-state index contributed by atoms with van der Waals surface area (Å²) in [6, 6.07) is 0. The van der Waals surface area contributed by atoms with Crippen LogP contribution < -0.4 is 5.48 Å². The first-order valence-corrected chi connectivity index (χ1v) is 6.74. The maximum absolute atomic E-state index is 11.1. The van der Waals surface area contributed by atoms with Gasteiger partial charge in [-0.3, -0.25) is 4.84 Å². The molecule has 4 nitrogen and oxygen atoms in total. The van der Waals surface area contributed by atoms with Gasteiger partial charge in [0.15, 0.2) is 0 Å². The van der Waals surface area contributed by atoms with Crippen molar-refractivity contribution < 1.29 is 14.4 Å². The molecule has 0 aromatic heterocycles. The van der Waals surface area contributed by atoms with Gasteiger partial charge in [0.1, 0.15) is 5.60 Å². The molecule has 0 aromatic carbocycles. The van der Waals surface area contributed by atoms with Crippen molar-refractivity contribution in [2.75, 3.05) is 11.9 Å². The molecule has 0 spiro atoms. The van der Waals surface area contributed by atoms with E-state index in [0.717, 1.165) is 18.2 Å². The highest BCUT2D eigenvalue weighted by molar-refractivity contribution is 9.09. The number of carbonyl (C=O) groups is 1. The zero-order valence-corrected chi connectivity index (χ0v) is 11.9. The van der Waals surface area contributed by atoms with E-state index in [2.05, 4.69) is 21.4 Å². The predicted molar refractivity (Wildman–Crippen MR) is 67.6 cm³/mol. The van der Waals surface area contributed by atoms with Crippen LogP contribution in [0.4, 0.5) is 4.79 Å². The molecule has 0 unspecified atom stereocenters. The molecule has 96 valence electrons. The van der Waals surface area contributed by atoms with Crippen LogP contribution in [0.2, 0.25) is 0 Å². The van der Waals surface area contributed by atoms with Gasteiger partial charge in [0.25, 0.3) is 0 Å². The molecule has 16 heavy (non-hydrogen) atoms. The highest BCUT2D eigenvalue weighted by Gasteiger charge is 2.15. The number of carbonyl (C=O) groups excluding carboxylic acids is 1. The second-order valence-electron chi connectivity index (χ2n) is 4.56. The monoisotopic (exact) mass is 295 g/mol. The van der Waals surface area contributed by atoms with Gasteiger partial charge in [-0.25, -0.2) is 4.79 Å². The number of hydrogen-bond acceptors (Lipinski definition) is 3. The van der Waals surface area contributed by atoms with Gasteiger partial charge in [0.05, 0.1) is 6.61 Å². The van der Waals surface area contributed by atoms with E-state index in [-0.39, 0.29) is 0 Å². The normalized spacial score (nSPS) is 11.2. The van der Waals surface area contributed by atoms with E-state index in [1.54, 1.807) is 0 Å². The van der Waals surface area contributed by atoms with Gasteiger partial charge in [-0.15, -0.1) is 0 Å². The molecule has 0 fully saturated rings. The van der Waals surface area contributed by atoms with Crippen LogP contribution in [0.15, 0.2) is 0 Å². The Balaban J connectivity index is 3.28. The van der Waals surface area contributed by atoms with Crippen LogP contribution in [-0.4, -0.2) is 23.6 Å². The molecule has 0 saturated heterocycles. The molecule has 0 bridgehead atoms. The van der Waals surface area contributed by atoms with Gasteiger partial charge in [-0.05, 0) is 33.6 Å². The average Bonchev–Trinajstić information content (AvgIpc) is 2.13. The minimum atomic E-state index is -0.534.